The van der Waals surface area contributed by atoms with Gasteiger partial charge in [0.25, 0.3) is 0 Å². The van der Waals surface area contributed by atoms with E-state index in [-0.39, 0.29) is 11.7 Å². The van der Waals surface area contributed by atoms with Crippen molar-refractivity contribution in [3.8, 4) is 0 Å². The first-order valence-corrected chi connectivity index (χ1v) is 6.64. The first-order chi connectivity index (χ1) is 10.2. The lowest BCUT2D eigenvalue weighted by Crippen LogP contribution is -2.18. The highest BCUT2D eigenvalue weighted by atomic mass is 19.4. The molecule has 2 aromatic rings. The molecule has 2 rings (SSSR count). The van der Waals surface area contributed by atoms with Gasteiger partial charge < -0.3 is 14.4 Å². The molecule has 0 fully saturated rings. The number of aromatic nitrogens is 1. The standard InChI is InChI=1S/C15H16F3NO3/c1-8(2)19-11-5-4-10(15(16,17)18)6-9(11)7-12(19)13(20)14(21)22-3/h4-8,13,20H,1-3H3. The summed E-state index contributed by atoms with van der Waals surface area (Å²) in [6.07, 6.45) is -6.00. The van der Waals surface area contributed by atoms with Gasteiger partial charge in [0.1, 0.15) is 0 Å². The molecular weight excluding hydrogens is 299 g/mol. The van der Waals surface area contributed by atoms with Crippen molar-refractivity contribution in [3.63, 3.8) is 0 Å². The third-order valence-electron chi connectivity index (χ3n) is 3.42. The third-order valence-corrected chi connectivity index (χ3v) is 3.42. The van der Waals surface area contributed by atoms with Gasteiger partial charge in [-0.05, 0) is 38.1 Å². The summed E-state index contributed by atoms with van der Waals surface area (Å²) in [5.74, 6) is -0.860. The number of benzene rings is 1. The van der Waals surface area contributed by atoms with Crippen molar-refractivity contribution in [1.82, 2.24) is 4.57 Å². The Bertz CT molecular complexity index is 704. The van der Waals surface area contributed by atoms with Crippen LogP contribution in [0, 0.1) is 0 Å². The van der Waals surface area contributed by atoms with Crippen molar-refractivity contribution >= 4 is 16.9 Å². The third kappa shape index (κ3) is 2.81. The number of ether oxygens (including phenoxy) is 1. The molecule has 0 radical (unpaired) electrons. The van der Waals surface area contributed by atoms with Gasteiger partial charge in [0.05, 0.1) is 18.4 Å². The van der Waals surface area contributed by atoms with Gasteiger partial charge >= 0.3 is 12.1 Å². The summed E-state index contributed by atoms with van der Waals surface area (Å²) in [7, 11) is 1.13. The number of alkyl halides is 3. The number of aliphatic hydroxyl groups is 1. The van der Waals surface area contributed by atoms with E-state index in [4.69, 9.17) is 0 Å². The summed E-state index contributed by atoms with van der Waals surface area (Å²) in [4.78, 5) is 11.5. The molecule has 1 unspecified atom stereocenters. The van der Waals surface area contributed by atoms with Gasteiger partial charge in [-0.1, -0.05) is 0 Å². The highest BCUT2D eigenvalue weighted by Crippen LogP contribution is 2.34. The van der Waals surface area contributed by atoms with Crippen LogP contribution in [0.5, 0.6) is 0 Å². The summed E-state index contributed by atoms with van der Waals surface area (Å²) < 4.78 is 44.5. The molecule has 1 atom stereocenters. The predicted octanol–water partition coefficient (Wildman–Crippen LogP) is 3.45. The van der Waals surface area contributed by atoms with Gasteiger partial charge in [0.2, 0.25) is 0 Å². The molecule has 0 spiro atoms. The first kappa shape index (κ1) is 16.4. The summed E-state index contributed by atoms with van der Waals surface area (Å²) in [5, 5.41) is 10.3. The number of hydrogen-bond acceptors (Lipinski definition) is 3. The molecule has 0 bridgehead atoms. The second-order valence-electron chi connectivity index (χ2n) is 5.23. The van der Waals surface area contributed by atoms with Crippen molar-refractivity contribution in [2.45, 2.75) is 32.2 Å². The average molecular weight is 315 g/mol. The lowest BCUT2D eigenvalue weighted by molar-refractivity contribution is -0.151. The molecular formula is C15H16F3NO3. The Hall–Kier alpha value is -2.02. The van der Waals surface area contributed by atoms with Crippen molar-refractivity contribution in [2.24, 2.45) is 0 Å². The Labute approximate surface area is 125 Å². The highest BCUT2D eigenvalue weighted by molar-refractivity contribution is 5.85. The van der Waals surface area contributed by atoms with E-state index in [9.17, 15) is 23.1 Å². The number of aliphatic hydroxyl groups excluding tert-OH is 1. The average Bonchev–Trinajstić information content (AvgIpc) is 2.82. The van der Waals surface area contributed by atoms with Gasteiger partial charge in [0.15, 0.2) is 6.10 Å². The molecule has 1 aromatic heterocycles. The second-order valence-corrected chi connectivity index (χ2v) is 5.23. The molecule has 0 aliphatic rings. The number of carbonyl (C=O) groups is 1. The molecule has 0 saturated heterocycles. The number of nitrogens with zero attached hydrogens (tertiary/aromatic N) is 1. The van der Waals surface area contributed by atoms with E-state index in [0.717, 1.165) is 19.2 Å². The molecule has 22 heavy (non-hydrogen) atoms. The summed E-state index contributed by atoms with van der Waals surface area (Å²) in [6.45, 7) is 3.62. The minimum absolute atomic E-state index is 0.149. The zero-order valence-electron chi connectivity index (χ0n) is 12.3. The van der Waals surface area contributed by atoms with E-state index < -0.39 is 23.8 Å². The van der Waals surface area contributed by atoms with Crippen LogP contribution in [0.2, 0.25) is 0 Å². The van der Waals surface area contributed by atoms with Gasteiger partial charge in [0, 0.05) is 16.9 Å². The van der Waals surface area contributed by atoms with E-state index in [2.05, 4.69) is 4.74 Å². The van der Waals surface area contributed by atoms with Crippen molar-refractivity contribution in [1.29, 1.82) is 0 Å². The van der Waals surface area contributed by atoms with E-state index in [1.807, 2.05) is 13.8 Å². The Morgan fingerprint density at radius 2 is 1.91 bits per heavy atom. The van der Waals surface area contributed by atoms with Gasteiger partial charge in [-0.3, -0.25) is 0 Å². The maximum atomic E-state index is 12.8. The minimum Gasteiger partial charge on any atom is -0.467 e. The van der Waals surface area contributed by atoms with E-state index >= 15 is 0 Å². The maximum absolute atomic E-state index is 12.8. The fourth-order valence-corrected chi connectivity index (χ4v) is 2.45. The quantitative estimate of drug-likeness (QED) is 0.883. The Kier molecular flexibility index (Phi) is 4.19. The lowest BCUT2D eigenvalue weighted by atomic mass is 10.1. The van der Waals surface area contributed by atoms with E-state index in [1.165, 1.54) is 12.1 Å². The molecule has 7 heteroatoms. The maximum Gasteiger partial charge on any atom is 0.416 e. The van der Waals surface area contributed by atoms with Crippen LogP contribution in [-0.2, 0) is 15.7 Å². The molecule has 4 nitrogen and oxygen atoms in total. The monoisotopic (exact) mass is 315 g/mol. The van der Waals surface area contributed by atoms with Crippen LogP contribution < -0.4 is 0 Å². The topological polar surface area (TPSA) is 51.5 Å². The number of carbonyl (C=O) groups excluding carboxylic acids is 1. The van der Waals surface area contributed by atoms with Crippen LogP contribution in [0.3, 0.4) is 0 Å². The van der Waals surface area contributed by atoms with Crippen LogP contribution in [0.4, 0.5) is 13.2 Å². The molecule has 1 heterocycles. The zero-order chi connectivity index (χ0) is 16.7. The van der Waals surface area contributed by atoms with Gasteiger partial charge in [-0.2, -0.15) is 13.2 Å². The number of methoxy groups -OCH3 is 1. The summed E-state index contributed by atoms with van der Waals surface area (Å²) in [5.41, 5.74) is -0.0582. The number of esters is 1. The second kappa shape index (κ2) is 5.64. The lowest BCUT2D eigenvalue weighted by Gasteiger charge is -2.17. The smallest absolute Gasteiger partial charge is 0.416 e. The Morgan fingerprint density at radius 3 is 2.41 bits per heavy atom. The summed E-state index contributed by atoms with van der Waals surface area (Å²) in [6, 6.07) is 4.55. The van der Waals surface area contributed by atoms with Crippen molar-refractivity contribution < 1.29 is 27.8 Å². The molecule has 1 aromatic carbocycles. The number of halogens is 3. The van der Waals surface area contributed by atoms with E-state index in [0.29, 0.717) is 10.9 Å². The summed E-state index contributed by atoms with van der Waals surface area (Å²) >= 11 is 0. The zero-order valence-corrected chi connectivity index (χ0v) is 12.3. The molecule has 1 N–H and O–H groups in total. The van der Waals surface area contributed by atoms with Crippen LogP contribution in [0.15, 0.2) is 24.3 Å². The van der Waals surface area contributed by atoms with Crippen LogP contribution in [-0.4, -0.2) is 22.8 Å². The molecule has 0 saturated carbocycles. The highest BCUT2D eigenvalue weighted by Gasteiger charge is 2.31. The van der Waals surface area contributed by atoms with Crippen molar-refractivity contribution in [2.75, 3.05) is 7.11 Å². The Balaban J connectivity index is 2.66. The molecule has 0 aliphatic heterocycles. The SMILES string of the molecule is COC(=O)C(O)c1cc2cc(C(F)(F)F)ccc2n1C(C)C. The van der Waals surface area contributed by atoms with Crippen LogP contribution in [0.25, 0.3) is 10.9 Å². The van der Waals surface area contributed by atoms with E-state index in [1.54, 1.807) is 4.57 Å². The fourth-order valence-electron chi connectivity index (χ4n) is 2.45. The number of hydrogen-bond donors (Lipinski definition) is 1. The fraction of sp³-hybridized carbons (Fsp3) is 0.400. The van der Waals surface area contributed by atoms with Gasteiger partial charge in [-0.15, -0.1) is 0 Å². The largest absolute Gasteiger partial charge is 0.467 e. The van der Waals surface area contributed by atoms with Crippen LogP contribution in [0.1, 0.15) is 37.3 Å². The molecule has 0 aliphatic carbocycles. The minimum atomic E-state index is -4.45. The Morgan fingerprint density at radius 1 is 1.27 bits per heavy atom. The van der Waals surface area contributed by atoms with Crippen LogP contribution >= 0.6 is 0 Å². The van der Waals surface area contributed by atoms with Crippen molar-refractivity contribution in [3.05, 3.63) is 35.5 Å². The normalized spacial score (nSPS) is 13.6. The van der Waals surface area contributed by atoms with Gasteiger partial charge in [-0.25, -0.2) is 4.79 Å². The predicted molar refractivity (Wildman–Crippen MR) is 74.3 cm³/mol. The first-order valence-electron chi connectivity index (χ1n) is 6.64. The number of fused-ring (bicyclic) bond motifs is 1. The molecule has 120 valence electrons. The number of rotatable bonds is 3. The molecule has 0 amide bonds.